The maximum atomic E-state index is 12.0. The summed E-state index contributed by atoms with van der Waals surface area (Å²) in [6.07, 6.45) is -6.03. The molecule has 2 N–H and O–H groups in total. The number of hydrogen-bond acceptors (Lipinski definition) is 2. The van der Waals surface area contributed by atoms with Crippen LogP contribution in [0, 0.1) is 0 Å². The number of carboxylic acid groups (broad SMARTS) is 1. The van der Waals surface area contributed by atoms with Crippen molar-refractivity contribution in [2.75, 3.05) is 6.54 Å². The lowest BCUT2D eigenvalue weighted by Crippen LogP contribution is -2.51. The Kier molecular flexibility index (Phi) is 3.38. The van der Waals surface area contributed by atoms with Gasteiger partial charge in [0.2, 0.25) is 0 Å². The van der Waals surface area contributed by atoms with Crippen LogP contribution in [0.15, 0.2) is 0 Å². The summed E-state index contributed by atoms with van der Waals surface area (Å²) in [4.78, 5) is 19.9. The summed E-state index contributed by atoms with van der Waals surface area (Å²) in [7, 11) is 0. The number of alkyl halides is 5. The van der Waals surface area contributed by atoms with E-state index >= 15 is 0 Å². The molecule has 0 saturated heterocycles. The van der Waals surface area contributed by atoms with E-state index in [1.54, 1.807) is 0 Å². The lowest BCUT2D eigenvalue weighted by atomic mass is 10.3. The number of amides is 1. The van der Waals surface area contributed by atoms with Crippen LogP contribution in [0.4, 0.5) is 22.0 Å². The molecule has 9 heteroatoms. The normalized spacial score (nSPS) is 12.4. The van der Waals surface area contributed by atoms with Crippen molar-refractivity contribution in [3.05, 3.63) is 0 Å². The van der Waals surface area contributed by atoms with Gasteiger partial charge in [-0.3, -0.25) is 9.59 Å². The average Bonchev–Trinajstić information content (AvgIpc) is 1.97. The molecule has 0 atom stereocenters. The van der Waals surface area contributed by atoms with E-state index in [2.05, 4.69) is 0 Å². The number of rotatable bonds is 3. The average molecular weight is 221 g/mol. The van der Waals surface area contributed by atoms with Crippen LogP contribution in [-0.2, 0) is 9.59 Å². The summed E-state index contributed by atoms with van der Waals surface area (Å²) in [6, 6.07) is 0. The van der Waals surface area contributed by atoms with E-state index in [0.717, 1.165) is 5.32 Å². The van der Waals surface area contributed by atoms with Crippen LogP contribution >= 0.6 is 0 Å². The van der Waals surface area contributed by atoms with Crippen LogP contribution in [-0.4, -0.2) is 35.6 Å². The van der Waals surface area contributed by atoms with Gasteiger partial charge in [0.05, 0.1) is 0 Å². The van der Waals surface area contributed by atoms with Crippen molar-refractivity contribution in [3.63, 3.8) is 0 Å². The Labute approximate surface area is 73.7 Å². The van der Waals surface area contributed by atoms with Crippen LogP contribution < -0.4 is 5.32 Å². The number of carboxylic acids is 1. The Morgan fingerprint density at radius 2 is 1.57 bits per heavy atom. The van der Waals surface area contributed by atoms with E-state index in [0.29, 0.717) is 0 Å². The van der Waals surface area contributed by atoms with Gasteiger partial charge < -0.3 is 10.4 Å². The summed E-state index contributed by atoms with van der Waals surface area (Å²) < 4.78 is 58.4. The molecule has 0 rings (SSSR count). The predicted molar refractivity (Wildman–Crippen MR) is 31.6 cm³/mol. The van der Waals surface area contributed by atoms with E-state index in [1.807, 2.05) is 0 Å². The standard InChI is InChI=1S/C5H4F5NO3/c6-4(7,5(8,9)10)3(14)11-1-2(12)13/h1H2,(H,11,14)(H,12,13). The highest BCUT2D eigenvalue weighted by atomic mass is 19.4. The van der Waals surface area contributed by atoms with Crippen molar-refractivity contribution < 1.29 is 36.6 Å². The molecule has 0 fully saturated rings. The largest absolute Gasteiger partial charge is 0.480 e. The zero-order valence-electron chi connectivity index (χ0n) is 6.36. The van der Waals surface area contributed by atoms with E-state index in [4.69, 9.17) is 5.11 Å². The molecule has 82 valence electrons. The topological polar surface area (TPSA) is 66.4 Å². The quantitative estimate of drug-likeness (QED) is 0.677. The first-order valence-corrected chi connectivity index (χ1v) is 3.03. The van der Waals surface area contributed by atoms with Gasteiger partial charge in [-0.2, -0.15) is 22.0 Å². The smallest absolute Gasteiger partial charge is 0.463 e. The molecule has 0 aliphatic heterocycles. The third-order valence-electron chi connectivity index (χ3n) is 1.04. The molecule has 0 heterocycles. The van der Waals surface area contributed by atoms with Gasteiger partial charge in [-0.25, -0.2) is 0 Å². The van der Waals surface area contributed by atoms with E-state index in [9.17, 15) is 31.5 Å². The van der Waals surface area contributed by atoms with Gasteiger partial charge in [0.15, 0.2) is 0 Å². The van der Waals surface area contributed by atoms with Crippen molar-refractivity contribution in [2.45, 2.75) is 12.1 Å². The molecule has 0 aromatic rings. The van der Waals surface area contributed by atoms with Crippen LogP contribution in [0.2, 0.25) is 0 Å². The number of nitrogens with one attached hydrogen (secondary N) is 1. The SMILES string of the molecule is O=C(O)CNC(=O)C(F)(F)C(F)(F)F. The fraction of sp³-hybridized carbons (Fsp3) is 0.600. The third kappa shape index (κ3) is 2.82. The van der Waals surface area contributed by atoms with Gasteiger partial charge >= 0.3 is 24.0 Å². The van der Waals surface area contributed by atoms with Gasteiger partial charge in [0, 0.05) is 0 Å². The first-order chi connectivity index (χ1) is 6.09. The van der Waals surface area contributed by atoms with Crippen LogP contribution in [0.3, 0.4) is 0 Å². The highest BCUT2D eigenvalue weighted by Gasteiger charge is 2.63. The van der Waals surface area contributed by atoms with Crippen molar-refractivity contribution in [3.8, 4) is 0 Å². The van der Waals surface area contributed by atoms with Crippen molar-refractivity contribution >= 4 is 11.9 Å². The summed E-state index contributed by atoms with van der Waals surface area (Å²) in [6.45, 7) is -1.30. The molecular weight excluding hydrogens is 217 g/mol. The molecule has 0 aromatic carbocycles. The van der Waals surface area contributed by atoms with E-state index < -0.39 is 30.5 Å². The highest BCUT2D eigenvalue weighted by Crippen LogP contribution is 2.35. The summed E-state index contributed by atoms with van der Waals surface area (Å²) in [5, 5.41) is 8.81. The van der Waals surface area contributed by atoms with Gasteiger partial charge in [-0.05, 0) is 0 Å². The third-order valence-corrected chi connectivity index (χ3v) is 1.04. The summed E-state index contributed by atoms with van der Waals surface area (Å²) in [5.41, 5.74) is 0. The van der Waals surface area contributed by atoms with Crippen molar-refractivity contribution in [2.24, 2.45) is 0 Å². The number of carbonyl (C=O) groups excluding carboxylic acids is 1. The molecule has 0 aromatic heterocycles. The van der Waals surface area contributed by atoms with Crippen molar-refractivity contribution in [1.29, 1.82) is 0 Å². The van der Waals surface area contributed by atoms with Crippen LogP contribution in [0.1, 0.15) is 0 Å². The molecule has 1 amide bonds. The van der Waals surface area contributed by atoms with Gasteiger partial charge in [-0.1, -0.05) is 0 Å². The number of halogens is 5. The number of hydrogen-bond donors (Lipinski definition) is 2. The monoisotopic (exact) mass is 221 g/mol. The first kappa shape index (κ1) is 12.6. The summed E-state index contributed by atoms with van der Waals surface area (Å²) in [5.74, 6) is -9.99. The number of carbonyl (C=O) groups is 2. The second-order valence-corrected chi connectivity index (χ2v) is 2.15. The van der Waals surface area contributed by atoms with Gasteiger partial charge in [-0.15, -0.1) is 0 Å². The van der Waals surface area contributed by atoms with E-state index in [-0.39, 0.29) is 0 Å². The predicted octanol–water partition coefficient (Wildman–Crippen LogP) is 0.385. The lowest BCUT2D eigenvalue weighted by molar-refractivity contribution is -0.269. The Morgan fingerprint density at radius 3 is 1.86 bits per heavy atom. The molecular formula is C5H4F5NO3. The minimum Gasteiger partial charge on any atom is -0.480 e. The molecule has 0 aliphatic carbocycles. The highest BCUT2D eigenvalue weighted by molar-refractivity contribution is 5.87. The molecule has 0 saturated carbocycles. The summed E-state index contributed by atoms with van der Waals surface area (Å²) >= 11 is 0. The van der Waals surface area contributed by atoms with Crippen molar-refractivity contribution in [1.82, 2.24) is 5.32 Å². The minimum absolute atomic E-state index is 0.920. The van der Waals surface area contributed by atoms with Crippen LogP contribution in [0.25, 0.3) is 0 Å². The van der Waals surface area contributed by atoms with E-state index in [1.165, 1.54) is 0 Å². The Hall–Kier alpha value is -1.41. The zero-order chi connectivity index (χ0) is 11.6. The molecule has 0 radical (unpaired) electrons. The van der Waals surface area contributed by atoms with Gasteiger partial charge in [0.25, 0.3) is 0 Å². The second-order valence-electron chi connectivity index (χ2n) is 2.15. The Balaban J connectivity index is 4.45. The molecule has 4 nitrogen and oxygen atoms in total. The Morgan fingerprint density at radius 1 is 1.14 bits per heavy atom. The van der Waals surface area contributed by atoms with Crippen LogP contribution in [0.5, 0.6) is 0 Å². The number of aliphatic carboxylic acids is 1. The minimum atomic E-state index is -6.03. The molecule has 0 spiro atoms. The maximum absolute atomic E-state index is 12.0. The molecule has 0 unspecified atom stereocenters. The lowest BCUT2D eigenvalue weighted by Gasteiger charge is -2.17. The second kappa shape index (κ2) is 3.76. The first-order valence-electron chi connectivity index (χ1n) is 3.03. The fourth-order valence-electron chi connectivity index (χ4n) is 0.396. The zero-order valence-corrected chi connectivity index (χ0v) is 6.36. The molecule has 14 heavy (non-hydrogen) atoms. The molecule has 0 aliphatic rings. The maximum Gasteiger partial charge on any atom is 0.463 e. The fourth-order valence-corrected chi connectivity index (χ4v) is 0.396. The van der Waals surface area contributed by atoms with Gasteiger partial charge in [0.1, 0.15) is 6.54 Å². The molecule has 0 bridgehead atoms. The Bertz CT molecular complexity index is 248.